The molecule has 0 aliphatic heterocycles. The number of sulfonamides is 1. The van der Waals surface area contributed by atoms with Crippen LogP contribution in [0.25, 0.3) is 6.08 Å². The molecule has 0 spiro atoms. The lowest BCUT2D eigenvalue weighted by atomic mass is 9.87. The number of halogens is 1. The molecule has 0 bridgehead atoms. The van der Waals surface area contributed by atoms with E-state index in [4.69, 9.17) is 21.1 Å². The SMILES string of the molecule is CCOc1cc(/C=C/C(=O)NNC(=O)CN(Cc2ccccc2)S(=O)(=O)c2ccc(Cl)cc2)ccc1OCc1ccc(C(C)(C)C)cc1. The number of rotatable bonds is 13. The highest BCUT2D eigenvalue weighted by molar-refractivity contribution is 7.89. The minimum absolute atomic E-state index is 0.0137. The van der Waals surface area contributed by atoms with E-state index in [2.05, 4.69) is 55.9 Å². The molecule has 2 amide bonds. The van der Waals surface area contributed by atoms with Gasteiger partial charge in [-0.2, -0.15) is 4.31 Å². The molecular formula is C37H40ClN3O6S. The zero-order chi connectivity index (χ0) is 34.7. The molecule has 0 saturated heterocycles. The lowest BCUT2D eigenvalue weighted by Crippen LogP contribution is -2.47. The van der Waals surface area contributed by atoms with Gasteiger partial charge in [0.25, 0.3) is 11.8 Å². The van der Waals surface area contributed by atoms with Crippen molar-refractivity contribution in [2.45, 2.75) is 51.2 Å². The van der Waals surface area contributed by atoms with Gasteiger partial charge in [0.1, 0.15) is 6.61 Å². The first kappa shape index (κ1) is 36.2. The number of hydrogen-bond acceptors (Lipinski definition) is 6. The van der Waals surface area contributed by atoms with Crippen molar-refractivity contribution in [2.24, 2.45) is 0 Å². The lowest BCUT2D eigenvalue weighted by molar-refractivity contribution is -0.126. The Morgan fingerprint density at radius 1 is 0.833 bits per heavy atom. The third-order valence-electron chi connectivity index (χ3n) is 7.21. The summed E-state index contributed by atoms with van der Waals surface area (Å²) in [5.74, 6) is -0.242. The Hall–Kier alpha value is -4.64. The first-order valence-corrected chi connectivity index (χ1v) is 17.2. The Balaban J connectivity index is 1.36. The van der Waals surface area contributed by atoms with Crippen LogP contribution in [0.4, 0.5) is 0 Å². The van der Waals surface area contributed by atoms with Crippen LogP contribution in [-0.4, -0.2) is 37.7 Å². The van der Waals surface area contributed by atoms with Crippen LogP contribution < -0.4 is 20.3 Å². The van der Waals surface area contributed by atoms with Gasteiger partial charge in [-0.15, -0.1) is 0 Å². The van der Waals surface area contributed by atoms with Gasteiger partial charge in [-0.1, -0.05) is 93.0 Å². The number of ether oxygens (including phenoxy) is 2. The molecule has 0 radical (unpaired) electrons. The summed E-state index contributed by atoms with van der Waals surface area (Å²) in [6.07, 6.45) is 2.81. The summed E-state index contributed by atoms with van der Waals surface area (Å²) in [5.41, 5.74) is 8.29. The molecule has 0 heterocycles. The lowest BCUT2D eigenvalue weighted by Gasteiger charge is -2.22. The van der Waals surface area contributed by atoms with Crippen molar-refractivity contribution in [1.82, 2.24) is 15.2 Å². The number of hydrogen-bond donors (Lipinski definition) is 2. The van der Waals surface area contributed by atoms with Gasteiger partial charge in [-0.05, 0) is 77.1 Å². The molecule has 9 nitrogen and oxygen atoms in total. The number of nitrogens with zero attached hydrogens (tertiary/aromatic N) is 1. The van der Waals surface area contributed by atoms with Crippen molar-refractivity contribution < 1.29 is 27.5 Å². The van der Waals surface area contributed by atoms with E-state index in [0.29, 0.717) is 40.9 Å². The van der Waals surface area contributed by atoms with E-state index in [9.17, 15) is 18.0 Å². The van der Waals surface area contributed by atoms with E-state index in [1.165, 1.54) is 35.9 Å². The number of hydrazine groups is 1. The highest BCUT2D eigenvalue weighted by Crippen LogP contribution is 2.30. The minimum Gasteiger partial charge on any atom is -0.490 e. The van der Waals surface area contributed by atoms with Gasteiger partial charge in [-0.25, -0.2) is 8.42 Å². The molecule has 48 heavy (non-hydrogen) atoms. The smallest absolute Gasteiger partial charge is 0.262 e. The summed E-state index contributed by atoms with van der Waals surface area (Å²) >= 11 is 5.94. The molecule has 0 unspecified atom stereocenters. The molecule has 11 heteroatoms. The maximum absolute atomic E-state index is 13.4. The van der Waals surface area contributed by atoms with Crippen molar-refractivity contribution in [3.8, 4) is 11.5 Å². The summed E-state index contributed by atoms with van der Waals surface area (Å²) in [7, 11) is -4.07. The van der Waals surface area contributed by atoms with Crippen LogP contribution in [-0.2, 0) is 38.2 Å². The average molecular weight is 690 g/mol. The first-order valence-electron chi connectivity index (χ1n) is 15.4. The van der Waals surface area contributed by atoms with Crippen molar-refractivity contribution in [3.05, 3.63) is 130 Å². The minimum atomic E-state index is -4.07. The van der Waals surface area contributed by atoms with Crippen molar-refractivity contribution in [3.63, 3.8) is 0 Å². The Bertz CT molecular complexity index is 1820. The zero-order valence-corrected chi connectivity index (χ0v) is 29.0. The van der Waals surface area contributed by atoms with Crippen molar-refractivity contribution in [2.75, 3.05) is 13.2 Å². The quantitative estimate of drug-likeness (QED) is 0.120. The number of carbonyl (C=O) groups is 2. The molecule has 0 fully saturated rings. The maximum Gasteiger partial charge on any atom is 0.262 e. The monoisotopic (exact) mass is 689 g/mol. The molecule has 4 aromatic carbocycles. The van der Waals surface area contributed by atoms with Crippen LogP contribution in [0.1, 0.15) is 49.9 Å². The summed E-state index contributed by atoms with van der Waals surface area (Å²) in [4.78, 5) is 25.4. The molecular weight excluding hydrogens is 650 g/mol. The summed E-state index contributed by atoms with van der Waals surface area (Å²) < 4.78 is 39.7. The molecule has 4 rings (SSSR count). The molecule has 4 aromatic rings. The number of amides is 2. The van der Waals surface area contributed by atoms with E-state index in [1.54, 1.807) is 48.5 Å². The molecule has 0 aliphatic rings. The van der Waals surface area contributed by atoms with E-state index < -0.39 is 28.4 Å². The fraction of sp³-hybridized carbons (Fsp3) is 0.243. The van der Waals surface area contributed by atoms with E-state index in [1.807, 2.05) is 13.0 Å². The summed E-state index contributed by atoms with van der Waals surface area (Å²) in [6, 6.07) is 28.2. The standard InChI is InChI=1S/C37H40ClN3O6S/c1-5-46-34-23-27(13-21-33(34)47-26-29-11-15-30(16-12-29)37(2,3)4)14-22-35(42)39-40-36(43)25-41(24-28-9-7-6-8-10-28)48(44,45)32-19-17-31(38)18-20-32/h6-23H,5,24-26H2,1-4H3,(H,39,42)(H,40,43)/b22-14+. The second-order valence-electron chi connectivity index (χ2n) is 12.0. The number of benzene rings is 4. The fourth-order valence-electron chi connectivity index (χ4n) is 4.59. The number of nitrogens with one attached hydrogen (secondary N) is 2. The van der Waals surface area contributed by atoms with Gasteiger partial charge >= 0.3 is 0 Å². The molecule has 2 N–H and O–H groups in total. The van der Waals surface area contributed by atoms with Crippen LogP contribution in [0.3, 0.4) is 0 Å². The van der Waals surface area contributed by atoms with Gasteiger partial charge in [-0.3, -0.25) is 20.4 Å². The molecule has 0 atom stereocenters. The first-order chi connectivity index (χ1) is 22.8. The van der Waals surface area contributed by atoms with Crippen molar-refractivity contribution >= 4 is 39.5 Å². The second kappa shape index (κ2) is 16.5. The maximum atomic E-state index is 13.4. The van der Waals surface area contributed by atoms with Gasteiger partial charge in [0.2, 0.25) is 10.0 Å². The van der Waals surface area contributed by atoms with E-state index >= 15 is 0 Å². The van der Waals surface area contributed by atoms with Gasteiger partial charge in [0.15, 0.2) is 11.5 Å². The fourth-order valence-corrected chi connectivity index (χ4v) is 6.10. The predicted molar refractivity (Wildman–Crippen MR) is 188 cm³/mol. The normalized spacial score (nSPS) is 11.8. The Morgan fingerprint density at radius 3 is 2.17 bits per heavy atom. The van der Waals surface area contributed by atoms with Crippen LogP contribution in [0.2, 0.25) is 5.02 Å². The van der Waals surface area contributed by atoms with E-state index in [-0.39, 0.29) is 16.9 Å². The van der Waals surface area contributed by atoms with Crippen LogP contribution in [0, 0.1) is 0 Å². The summed E-state index contributed by atoms with van der Waals surface area (Å²) in [6.45, 7) is 8.57. The molecule has 252 valence electrons. The van der Waals surface area contributed by atoms with Crippen LogP contribution in [0.15, 0.2) is 108 Å². The highest BCUT2D eigenvalue weighted by atomic mass is 35.5. The number of carbonyl (C=O) groups excluding carboxylic acids is 2. The Labute approximate surface area is 287 Å². The Morgan fingerprint density at radius 2 is 1.52 bits per heavy atom. The van der Waals surface area contributed by atoms with Gasteiger partial charge in [0, 0.05) is 17.6 Å². The third kappa shape index (κ3) is 10.4. The largest absolute Gasteiger partial charge is 0.490 e. The van der Waals surface area contributed by atoms with Gasteiger partial charge in [0.05, 0.1) is 18.0 Å². The summed E-state index contributed by atoms with van der Waals surface area (Å²) in [5, 5.41) is 0.383. The topological polar surface area (TPSA) is 114 Å². The van der Waals surface area contributed by atoms with Crippen molar-refractivity contribution in [1.29, 1.82) is 0 Å². The molecule has 0 saturated carbocycles. The zero-order valence-electron chi connectivity index (χ0n) is 27.4. The van der Waals surface area contributed by atoms with Gasteiger partial charge < -0.3 is 9.47 Å². The highest BCUT2D eigenvalue weighted by Gasteiger charge is 2.27. The van der Waals surface area contributed by atoms with Crippen LogP contribution in [0.5, 0.6) is 11.5 Å². The van der Waals surface area contributed by atoms with Crippen LogP contribution >= 0.6 is 11.6 Å². The average Bonchev–Trinajstić information content (AvgIpc) is 3.06. The van der Waals surface area contributed by atoms with E-state index in [0.717, 1.165) is 9.87 Å². The molecule has 0 aromatic heterocycles. The second-order valence-corrected chi connectivity index (χ2v) is 14.3. The Kier molecular flexibility index (Phi) is 12.4. The molecule has 0 aliphatic carbocycles. The third-order valence-corrected chi connectivity index (χ3v) is 9.27. The predicted octanol–water partition coefficient (Wildman–Crippen LogP) is 6.67.